The van der Waals surface area contributed by atoms with Gasteiger partial charge in [-0.1, -0.05) is 30.7 Å². The van der Waals surface area contributed by atoms with Gasteiger partial charge in [0.05, 0.1) is 5.71 Å². The fraction of sp³-hybridized carbons (Fsp3) is 0.308. The van der Waals surface area contributed by atoms with Gasteiger partial charge in [-0.2, -0.15) is 0 Å². The fourth-order valence-electron chi connectivity index (χ4n) is 1.80. The molecule has 0 bridgehead atoms. The largest absolute Gasteiger partial charge is 0.261 e. The zero-order valence-corrected chi connectivity index (χ0v) is 9.75. The second-order valence-corrected chi connectivity index (χ2v) is 4.41. The Bertz CT molecular complexity index is 432. The van der Waals surface area contributed by atoms with E-state index in [4.69, 9.17) is 11.6 Å². The molecule has 0 spiro atoms. The van der Waals surface area contributed by atoms with Gasteiger partial charge in [0.25, 0.3) is 0 Å². The second kappa shape index (κ2) is 4.19. The number of nitrogens with zero attached hydrogens (tertiary/aromatic N) is 1. The Balaban J connectivity index is 2.41. The molecule has 0 saturated heterocycles. The molecule has 0 fully saturated rings. The van der Waals surface area contributed by atoms with Gasteiger partial charge in [-0.15, -0.1) is 0 Å². The number of aryl methyl sites for hydroxylation is 1. The summed E-state index contributed by atoms with van der Waals surface area (Å²) in [5, 5.41) is 0.818. The Morgan fingerprint density at radius 1 is 1.40 bits per heavy atom. The number of aliphatic imine (C=N–C) groups is 1. The summed E-state index contributed by atoms with van der Waals surface area (Å²) in [6.45, 7) is 4.22. The number of halogens is 1. The molecule has 0 saturated carbocycles. The molecule has 2 rings (SSSR count). The molecule has 1 aliphatic rings. The molecular formula is C13H14ClN. The maximum atomic E-state index is 6.00. The van der Waals surface area contributed by atoms with Crippen LogP contribution in [0.2, 0.25) is 5.02 Å². The average molecular weight is 220 g/mol. The van der Waals surface area contributed by atoms with Crippen LogP contribution in [0.3, 0.4) is 0 Å². The molecule has 1 aromatic carbocycles. The maximum absolute atomic E-state index is 6.00. The first kappa shape index (κ1) is 10.4. The van der Waals surface area contributed by atoms with Gasteiger partial charge in [0, 0.05) is 17.1 Å². The summed E-state index contributed by atoms with van der Waals surface area (Å²) in [6.07, 6.45) is 5.07. The monoisotopic (exact) mass is 219 g/mol. The van der Waals surface area contributed by atoms with Crippen molar-refractivity contribution in [3.8, 4) is 0 Å². The highest BCUT2D eigenvalue weighted by atomic mass is 35.5. The molecule has 0 radical (unpaired) electrons. The van der Waals surface area contributed by atoms with Crippen molar-refractivity contribution < 1.29 is 0 Å². The van der Waals surface area contributed by atoms with E-state index in [1.807, 2.05) is 25.3 Å². The van der Waals surface area contributed by atoms with Crippen LogP contribution in [0.1, 0.15) is 24.5 Å². The van der Waals surface area contributed by atoms with E-state index in [2.05, 4.69) is 24.1 Å². The molecule has 0 amide bonds. The van der Waals surface area contributed by atoms with E-state index < -0.39 is 0 Å². The molecular weight excluding hydrogens is 206 g/mol. The molecule has 1 aliphatic heterocycles. The first-order valence-corrected chi connectivity index (χ1v) is 5.55. The number of rotatable bonds is 1. The van der Waals surface area contributed by atoms with Crippen LogP contribution >= 0.6 is 11.6 Å². The average Bonchev–Trinajstić information content (AvgIpc) is 2.23. The molecule has 0 aliphatic carbocycles. The van der Waals surface area contributed by atoms with E-state index in [0.717, 1.165) is 22.7 Å². The molecule has 1 atom stereocenters. The lowest BCUT2D eigenvalue weighted by Crippen LogP contribution is -2.14. The third-order valence-electron chi connectivity index (χ3n) is 2.73. The summed E-state index contributed by atoms with van der Waals surface area (Å²) < 4.78 is 0. The van der Waals surface area contributed by atoms with Crippen molar-refractivity contribution in [2.24, 2.45) is 10.9 Å². The minimum Gasteiger partial charge on any atom is -0.261 e. The van der Waals surface area contributed by atoms with E-state index in [9.17, 15) is 0 Å². The second-order valence-electron chi connectivity index (χ2n) is 4.00. The van der Waals surface area contributed by atoms with Crippen molar-refractivity contribution in [1.82, 2.24) is 0 Å². The van der Waals surface area contributed by atoms with Crippen molar-refractivity contribution in [2.45, 2.75) is 20.3 Å². The van der Waals surface area contributed by atoms with E-state index in [1.54, 1.807) is 0 Å². The Hall–Kier alpha value is -1.08. The Morgan fingerprint density at radius 3 is 2.87 bits per heavy atom. The molecule has 2 heteroatoms. The lowest BCUT2D eigenvalue weighted by molar-refractivity contribution is 0.777. The topological polar surface area (TPSA) is 12.4 Å². The van der Waals surface area contributed by atoms with Gasteiger partial charge >= 0.3 is 0 Å². The number of allylic oxidation sites excluding steroid dienone is 1. The zero-order valence-electron chi connectivity index (χ0n) is 9.00. The van der Waals surface area contributed by atoms with Crippen molar-refractivity contribution >= 4 is 17.3 Å². The number of hydrogen-bond donors (Lipinski definition) is 0. The summed E-state index contributed by atoms with van der Waals surface area (Å²) in [4.78, 5) is 4.44. The predicted molar refractivity (Wildman–Crippen MR) is 65.6 cm³/mol. The van der Waals surface area contributed by atoms with Crippen LogP contribution in [-0.4, -0.2) is 5.71 Å². The van der Waals surface area contributed by atoms with Gasteiger partial charge in [0.2, 0.25) is 0 Å². The molecule has 0 N–H and O–H groups in total. The predicted octanol–water partition coefficient (Wildman–Crippen LogP) is 3.99. The SMILES string of the molecule is Cc1cc(C2=NC=CCC2C)ccc1Cl. The summed E-state index contributed by atoms with van der Waals surface area (Å²) in [7, 11) is 0. The Kier molecular flexibility index (Phi) is 2.92. The normalized spacial score (nSPS) is 20.2. The highest BCUT2D eigenvalue weighted by Gasteiger charge is 2.14. The molecule has 78 valence electrons. The van der Waals surface area contributed by atoms with Crippen molar-refractivity contribution in [2.75, 3.05) is 0 Å². The van der Waals surface area contributed by atoms with Crippen LogP contribution in [0, 0.1) is 12.8 Å². The highest BCUT2D eigenvalue weighted by Crippen LogP contribution is 2.22. The van der Waals surface area contributed by atoms with E-state index in [-0.39, 0.29) is 0 Å². The van der Waals surface area contributed by atoms with Crippen molar-refractivity contribution in [3.05, 3.63) is 46.6 Å². The fourth-order valence-corrected chi connectivity index (χ4v) is 1.92. The van der Waals surface area contributed by atoms with E-state index >= 15 is 0 Å². The molecule has 1 nitrogen and oxygen atoms in total. The van der Waals surface area contributed by atoms with Gasteiger partial charge in [-0.3, -0.25) is 4.99 Å². The maximum Gasteiger partial charge on any atom is 0.0507 e. The van der Waals surface area contributed by atoms with E-state index in [1.165, 1.54) is 5.56 Å². The van der Waals surface area contributed by atoms with Gasteiger partial charge in [0.1, 0.15) is 0 Å². The lowest BCUT2D eigenvalue weighted by atomic mass is 9.93. The lowest BCUT2D eigenvalue weighted by Gasteiger charge is -2.16. The van der Waals surface area contributed by atoms with Crippen LogP contribution in [0.15, 0.2) is 35.5 Å². The first-order valence-electron chi connectivity index (χ1n) is 5.17. The molecule has 0 aromatic heterocycles. The van der Waals surface area contributed by atoms with Crippen LogP contribution in [0.5, 0.6) is 0 Å². The molecule has 1 aromatic rings. The van der Waals surface area contributed by atoms with Crippen LogP contribution in [0.4, 0.5) is 0 Å². The minimum absolute atomic E-state index is 0.496. The van der Waals surface area contributed by atoms with Gasteiger partial charge in [-0.05, 0) is 36.6 Å². The summed E-state index contributed by atoms with van der Waals surface area (Å²) in [5.41, 5.74) is 3.46. The quantitative estimate of drug-likeness (QED) is 0.677. The number of benzene rings is 1. The standard InChI is InChI=1S/C13H14ClN/c1-9-4-3-7-15-13(9)11-5-6-12(14)10(2)8-11/h3,5-9H,4H2,1-2H3. The Morgan fingerprint density at radius 2 is 2.20 bits per heavy atom. The van der Waals surface area contributed by atoms with E-state index in [0.29, 0.717) is 5.92 Å². The summed E-state index contributed by atoms with van der Waals surface area (Å²) in [5.74, 6) is 0.496. The minimum atomic E-state index is 0.496. The smallest absolute Gasteiger partial charge is 0.0507 e. The third kappa shape index (κ3) is 2.13. The van der Waals surface area contributed by atoms with Gasteiger partial charge < -0.3 is 0 Å². The highest BCUT2D eigenvalue weighted by molar-refractivity contribution is 6.31. The third-order valence-corrected chi connectivity index (χ3v) is 3.15. The van der Waals surface area contributed by atoms with Crippen molar-refractivity contribution in [3.63, 3.8) is 0 Å². The summed E-state index contributed by atoms with van der Waals surface area (Å²) >= 11 is 6.00. The van der Waals surface area contributed by atoms with Gasteiger partial charge in [-0.25, -0.2) is 0 Å². The Labute approximate surface area is 95.5 Å². The van der Waals surface area contributed by atoms with Crippen molar-refractivity contribution in [1.29, 1.82) is 0 Å². The van der Waals surface area contributed by atoms with Gasteiger partial charge in [0.15, 0.2) is 0 Å². The molecule has 1 heterocycles. The zero-order chi connectivity index (χ0) is 10.8. The summed E-state index contributed by atoms with van der Waals surface area (Å²) in [6, 6.07) is 6.10. The van der Waals surface area contributed by atoms with Crippen LogP contribution < -0.4 is 0 Å². The first-order chi connectivity index (χ1) is 7.18. The van der Waals surface area contributed by atoms with Crippen LogP contribution in [0.25, 0.3) is 0 Å². The molecule has 1 unspecified atom stereocenters. The molecule has 15 heavy (non-hydrogen) atoms. The number of hydrogen-bond acceptors (Lipinski definition) is 1. The van der Waals surface area contributed by atoms with Crippen LogP contribution in [-0.2, 0) is 0 Å².